The Labute approximate surface area is 109 Å². The average Bonchev–Trinajstić information content (AvgIpc) is 2.50. The van der Waals surface area contributed by atoms with Gasteiger partial charge in [-0.25, -0.2) is 0 Å². The third kappa shape index (κ3) is 2.72. The molecule has 0 aliphatic carbocycles. The van der Waals surface area contributed by atoms with E-state index < -0.39 is 0 Å². The summed E-state index contributed by atoms with van der Waals surface area (Å²) in [6.07, 6.45) is 3.91. The highest BCUT2D eigenvalue weighted by Crippen LogP contribution is 2.37. The topological polar surface area (TPSA) is 29.3 Å². The average molecular weight is 252 g/mol. The molecular weight excluding hydrogens is 228 g/mol. The lowest BCUT2D eigenvalue weighted by Gasteiger charge is -2.32. The summed E-state index contributed by atoms with van der Waals surface area (Å²) in [5, 5.41) is 0. The summed E-state index contributed by atoms with van der Waals surface area (Å²) in [6.45, 7) is 6.47. The summed E-state index contributed by atoms with van der Waals surface area (Å²) in [6, 6.07) is 2.90. The van der Waals surface area contributed by atoms with E-state index in [2.05, 4.69) is 31.9 Å². The maximum Gasteiger partial charge on any atom is 0.0396 e. The summed E-state index contributed by atoms with van der Waals surface area (Å²) < 4.78 is 0. The minimum absolute atomic E-state index is 0.535. The van der Waals surface area contributed by atoms with Crippen LogP contribution in [0, 0.1) is 19.8 Å². The highest BCUT2D eigenvalue weighted by molar-refractivity contribution is 7.12. The summed E-state index contributed by atoms with van der Waals surface area (Å²) in [5.74, 6) is 0.621. The fraction of sp³-hybridized carbons (Fsp3) is 0.714. The van der Waals surface area contributed by atoms with E-state index in [0.717, 1.165) is 6.54 Å². The quantitative estimate of drug-likeness (QED) is 0.876. The third-order valence-corrected chi connectivity index (χ3v) is 4.94. The minimum Gasteiger partial charge on any atom is -0.330 e. The van der Waals surface area contributed by atoms with Crippen LogP contribution in [0.3, 0.4) is 0 Å². The molecule has 0 saturated carbocycles. The van der Waals surface area contributed by atoms with Crippen molar-refractivity contribution in [1.29, 1.82) is 0 Å². The van der Waals surface area contributed by atoms with Gasteiger partial charge >= 0.3 is 0 Å². The van der Waals surface area contributed by atoms with Crippen molar-refractivity contribution in [2.45, 2.75) is 39.2 Å². The molecule has 1 aromatic heterocycles. The van der Waals surface area contributed by atoms with Crippen molar-refractivity contribution in [3.05, 3.63) is 21.4 Å². The standard InChI is InChI=1S/C14H24N2S/c1-10-8-13(11(2)17-10)14-12(9-15)6-4-5-7-16(14)3/h8,12,14H,4-7,9,15H2,1-3H3. The van der Waals surface area contributed by atoms with Crippen LogP contribution in [0.2, 0.25) is 0 Å². The number of hydrogen-bond acceptors (Lipinski definition) is 3. The molecule has 1 aliphatic heterocycles. The Morgan fingerprint density at radius 1 is 1.41 bits per heavy atom. The van der Waals surface area contributed by atoms with Crippen molar-refractivity contribution in [2.75, 3.05) is 20.1 Å². The zero-order valence-electron chi connectivity index (χ0n) is 11.2. The van der Waals surface area contributed by atoms with Gasteiger partial charge in [0, 0.05) is 15.8 Å². The monoisotopic (exact) mass is 252 g/mol. The lowest BCUT2D eigenvalue weighted by Crippen LogP contribution is -2.33. The summed E-state index contributed by atoms with van der Waals surface area (Å²) in [4.78, 5) is 5.41. The van der Waals surface area contributed by atoms with Gasteiger partial charge in [0.1, 0.15) is 0 Å². The first kappa shape index (κ1) is 13.1. The van der Waals surface area contributed by atoms with Crippen LogP contribution in [0.15, 0.2) is 6.07 Å². The van der Waals surface area contributed by atoms with Gasteiger partial charge in [0.05, 0.1) is 0 Å². The molecule has 2 unspecified atom stereocenters. The molecule has 0 radical (unpaired) electrons. The Morgan fingerprint density at radius 2 is 2.18 bits per heavy atom. The molecule has 0 aromatic carbocycles. The van der Waals surface area contributed by atoms with E-state index in [9.17, 15) is 0 Å². The predicted molar refractivity (Wildman–Crippen MR) is 75.6 cm³/mol. The van der Waals surface area contributed by atoms with Crippen molar-refractivity contribution < 1.29 is 0 Å². The molecule has 2 heterocycles. The highest BCUT2D eigenvalue weighted by Gasteiger charge is 2.29. The lowest BCUT2D eigenvalue weighted by molar-refractivity contribution is 0.196. The molecule has 2 N–H and O–H groups in total. The van der Waals surface area contributed by atoms with Crippen LogP contribution in [0.1, 0.15) is 40.6 Å². The van der Waals surface area contributed by atoms with Gasteiger partial charge in [0.25, 0.3) is 0 Å². The number of aryl methyl sites for hydroxylation is 2. The van der Waals surface area contributed by atoms with E-state index in [0.29, 0.717) is 12.0 Å². The van der Waals surface area contributed by atoms with Gasteiger partial charge in [-0.3, -0.25) is 4.90 Å². The van der Waals surface area contributed by atoms with E-state index >= 15 is 0 Å². The summed E-state index contributed by atoms with van der Waals surface area (Å²) in [5.41, 5.74) is 7.52. The molecule has 1 saturated heterocycles. The Balaban J connectivity index is 2.33. The van der Waals surface area contributed by atoms with E-state index in [1.807, 2.05) is 11.3 Å². The van der Waals surface area contributed by atoms with Gasteiger partial charge in [-0.2, -0.15) is 0 Å². The molecule has 0 spiro atoms. The fourth-order valence-corrected chi connectivity index (χ4v) is 4.07. The number of thiophene rings is 1. The van der Waals surface area contributed by atoms with Crippen molar-refractivity contribution in [1.82, 2.24) is 4.90 Å². The molecule has 3 heteroatoms. The van der Waals surface area contributed by atoms with Crippen LogP contribution < -0.4 is 5.73 Å². The van der Waals surface area contributed by atoms with Gasteiger partial charge in [0.2, 0.25) is 0 Å². The number of nitrogens with zero attached hydrogens (tertiary/aromatic N) is 1. The maximum atomic E-state index is 6.00. The van der Waals surface area contributed by atoms with Gasteiger partial charge in [-0.05, 0) is 64.4 Å². The van der Waals surface area contributed by atoms with E-state index in [1.165, 1.54) is 41.1 Å². The number of nitrogens with two attached hydrogens (primary N) is 1. The van der Waals surface area contributed by atoms with Gasteiger partial charge in [-0.1, -0.05) is 6.42 Å². The fourth-order valence-electron chi connectivity index (χ4n) is 3.11. The number of hydrogen-bond donors (Lipinski definition) is 1. The second kappa shape index (κ2) is 5.51. The van der Waals surface area contributed by atoms with Crippen LogP contribution in [0.4, 0.5) is 0 Å². The Morgan fingerprint density at radius 3 is 2.76 bits per heavy atom. The normalized spacial score (nSPS) is 27.1. The molecule has 96 valence electrons. The van der Waals surface area contributed by atoms with E-state index in [-0.39, 0.29) is 0 Å². The minimum atomic E-state index is 0.535. The van der Waals surface area contributed by atoms with E-state index in [4.69, 9.17) is 5.73 Å². The summed E-state index contributed by atoms with van der Waals surface area (Å²) in [7, 11) is 2.26. The first-order valence-electron chi connectivity index (χ1n) is 6.60. The number of likely N-dealkylation sites (tertiary alicyclic amines) is 1. The molecule has 1 fully saturated rings. The lowest BCUT2D eigenvalue weighted by atomic mass is 9.89. The molecule has 0 amide bonds. The van der Waals surface area contributed by atoms with Gasteiger partial charge in [0.15, 0.2) is 0 Å². The van der Waals surface area contributed by atoms with Crippen molar-refractivity contribution in [3.8, 4) is 0 Å². The first-order chi connectivity index (χ1) is 8.13. The molecular formula is C14H24N2S. The molecule has 2 rings (SSSR count). The smallest absolute Gasteiger partial charge is 0.0396 e. The Bertz CT molecular complexity index is 372. The van der Waals surface area contributed by atoms with Crippen molar-refractivity contribution in [2.24, 2.45) is 11.7 Å². The van der Waals surface area contributed by atoms with Crippen molar-refractivity contribution >= 4 is 11.3 Å². The SMILES string of the molecule is Cc1cc(C2C(CN)CCCCN2C)c(C)s1. The second-order valence-electron chi connectivity index (χ2n) is 5.29. The maximum absolute atomic E-state index is 6.00. The van der Waals surface area contributed by atoms with Crippen LogP contribution in [-0.4, -0.2) is 25.0 Å². The molecule has 1 aromatic rings. The van der Waals surface area contributed by atoms with Crippen molar-refractivity contribution in [3.63, 3.8) is 0 Å². The molecule has 0 bridgehead atoms. The van der Waals surface area contributed by atoms with Crippen LogP contribution in [-0.2, 0) is 0 Å². The van der Waals surface area contributed by atoms with Crippen LogP contribution in [0.5, 0.6) is 0 Å². The summed E-state index contributed by atoms with van der Waals surface area (Å²) >= 11 is 1.92. The zero-order valence-corrected chi connectivity index (χ0v) is 12.0. The van der Waals surface area contributed by atoms with E-state index in [1.54, 1.807) is 0 Å². The molecule has 1 aliphatic rings. The Hall–Kier alpha value is -0.380. The van der Waals surface area contributed by atoms with Gasteiger partial charge in [-0.15, -0.1) is 11.3 Å². The highest BCUT2D eigenvalue weighted by atomic mass is 32.1. The van der Waals surface area contributed by atoms with Crippen LogP contribution in [0.25, 0.3) is 0 Å². The van der Waals surface area contributed by atoms with Crippen LogP contribution >= 0.6 is 11.3 Å². The second-order valence-corrected chi connectivity index (χ2v) is 6.75. The Kier molecular flexibility index (Phi) is 4.23. The predicted octanol–water partition coefficient (Wildman–Crippen LogP) is 3.10. The molecule has 2 atom stereocenters. The molecule has 17 heavy (non-hydrogen) atoms. The van der Waals surface area contributed by atoms with Gasteiger partial charge < -0.3 is 5.73 Å². The first-order valence-corrected chi connectivity index (χ1v) is 7.42. The third-order valence-electron chi connectivity index (χ3n) is 3.96. The number of rotatable bonds is 2. The largest absolute Gasteiger partial charge is 0.330 e. The zero-order chi connectivity index (χ0) is 12.4. The molecule has 2 nitrogen and oxygen atoms in total.